The smallest absolute Gasteiger partial charge is 0.263 e. The van der Waals surface area contributed by atoms with Crippen molar-refractivity contribution in [3.05, 3.63) is 0 Å². The van der Waals surface area contributed by atoms with Crippen molar-refractivity contribution in [2.75, 3.05) is 7.11 Å². The van der Waals surface area contributed by atoms with E-state index in [0.717, 1.165) is 0 Å². The lowest BCUT2D eigenvalue weighted by Crippen LogP contribution is -2.29. The third-order valence-corrected chi connectivity index (χ3v) is 1.19. The molecule has 0 aliphatic rings. The molecule has 0 aliphatic carbocycles. The van der Waals surface area contributed by atoms with E-state index < -0.39 is 0 Å². The number of terminal acetylenes is 1. The molecule has 4 heteroatoms. The first-order valence-corrected chi connectivity index (χ1v) is 3.42. The summed E-state index contributed by atoms with van der Waals surface area (Å²) in [4.78, 5) is 10.8. The Balaban J connectivity index is 3.54. The summed E-state index contributed by atoms with van der Waals surface area (Å²) in [5.74, 6) is 2.13. The summed E-state index contributed by atoms with van der Waals surface area (Å²) in [7, 11) is 1.39. The fourth-order valence-corrected chi connectivity index (χ4v) is 0.527. The van der Waals surface area contributed by atoms with Crippen molar-refractivity contribution in [3.8, 4) is 12.3 Å². The zero-order valence-electron chi connectivity index (χ0n) is 6.22. The lowest BCUT2D eigenvalue weighted by molar-refractivity contribution is -0.119. The summed E-state index contributed by atoms with van der Waals surface area (Å²) >= 11 is 4.58. The van der Waals surface area contributed by atoms with Gasteiger partial charge in [-0.2, -0.15) is 0 Å². The predicted octanol–water partition coefficient (Wildman–Crippen LogP) is 0.447. The number of amides is 1. The molecule has 0 heterocycles. The van der Waals surface area contributed by atoms with Crippen LogP contribution in [0.1, 0.15) is 12.8 Å². The third kappa shape index (κ3) is 5.37. The summed E-state index contributed by atoms with van der Waals surface area (Å²) < 4.78 is 4.55. The Morgan fingerprint density at radius 1 is 1.82 bits per heavy atom. The SMILES string of the molecule is C#CCCC(=O)NC(=S)OC. The lowest BCUT2D eigenvalue weighted by Gasteiger charge is -2.02. The van der Waals surface area contributed by atoms with Gasteiger partial charge in [-0.05, 0) is 12.2 Å². The maximum absolute atomic E-state index is 10.8. The van der Waals surface area contributed by atoms with E-state index in [2.05, 4.69) is 28.2 Å². The molecule has 0 aromatic heterocycles. The number of methoxy groups -OCH3 is 1. The van der Waals surface area contributed by atoms with E-state index in [1.807, 2.05) is 0 Å². The fraction of sp³-hybridized carbons (Fsp3) is 0.429. The van der Waals surface area contributed by atoms with Crippen molar-refractivity contribution in [1.29, 1.82) is 0 Å². The van der Waals surface area contributed by atoms with Crippen molar-refractivity contribution >= 4 is 23.3 Å². The molecule has 0 saturated heterocycles. The highest BCUT2D eigenvalue weighted by atomic mass is 32.1. The Labute approximate surface area is 71.1 Å². The maximum atomic E-state index is 10.8. The van der Waals surface area contributed by atoms with Crippen LogP contribution in [0.25, 0.3) is 0 Å². The summed E-state index contributed by atoms with van der Waals surface area (Å²) in [5.41, 5.74) is 0. The molecule has 0 radical (unpaired) electrons. The molecule has 3 nitrogen and oxygen atoms in total. The van der Waals surface area contributed by atoms with Crippen molar-refractivity contribution < 1.29 is 9.53 Å². The number of carbonyl (C=O) groups excluding carboxylic acids is 1. The lowest BCUT2D eigenvalue weighted by atomic mass is 10.3. The normalized spacial score (nSPS) is 8.00. The van der Waals surface area contributed by atoms with Gasteiger partial charge in [0.15, 0.2) is 0 Å². The fourth-order valence-electron chi connectivity index (χ4n) is 0.413. The zero-order valence-corrected chi connectivity index (χ0v) is 7.03. The molecule has 0 atom stereocenters. The molecule has 1 N–H and O–H groups in total. The van der Waals surface area contributed by atoms with E-state index in [1.165, 1.54) is 7.11 Å². The van der Waals surface area contributed by atoms with E-state index in [1.54, 1.807) is 0 Å². The Hall–Kier alpha value is -1.08. The number of hydrogen-bond acceptors (Lipinski definition) is 3. The van der Waals surface area contributed by atoms with E-state index in [0.29, 0.717) is 6.42 Å². The molecule has 0 aromatic carbocycles. The van der Waals surface area contributed by atoms with Gasteiger partial charge in [-0.1, -0.05) is 0 Å². The minimum atomic E-state index is -0.213. The molecule has 0 bridgehead atoms. The Morgan fingerprint density at radius 3 is 2.91 bits per heavy atom. The molecule has 1 amide bonds. The van der Waals surface area contributed by atoms with Crippen molar-refractivity contribution in [3.63, 3.8) is 0 Å². The van der Waals surface area contributed by atoms with E-state index in [4.69, 9.17) is 6.42 Å². The topological polar surface area (TPSA) is 38.3 Å². The van der Waals surface area contributed by atoms with Gasteiger partial charge in [0.25, 0.3) is 5.17 Å². The third-order valence-electron chi connectivity index (χ3n) is 0.923. The minimum Gasteiger partial charge on any atom is -0.474 e. The van der Waals surface area contributed by atoms with Crippen LogP contribution in [0.15, 0.2) is 0 Å². The van der Waals surface area contributed by atoms with Crippen LogP contribution in [0.4, 0.5) is 0 Å². The summed E-state index contributed by atoms with van der Waals surface area (Å²) in [6, 6.07) is 0. The van der Waals surface area contributed by atoms with Gasteiger partial charge in [0.1, 0.15) is 0 Å². The summed E-state index contributed by atoms with van der Waals surface area (Å²) in [6.45, 7) is 0. The quantitative estimate of drug-likeness (QED) is 0.484. The Morgan fingerprint density at radius 2 is 2.45 bits per heavy atom. The molecule has 60 valence electrons. The van der Waals surface area contributed by atoms with Crippen molar-refractivity contribution in [2.24, 2.45) is 0 Å². The minimum absolute atomic E-state index is 0.0759. The molecule has 0 saturated carbocycles. The van der Waals surface area contributed by atoms with Crippen LogP contribution >= 0.6 is 12.2 Å². The van der Waals surface area contributed by atoms with E-state index >= 15 is 0 Å². The van der Waals surface area contributed by atoms with Gasteiger partial charge >= 0.3 is 0 Å². The van der Waals surface area contributed by atoms with Gasteiger partial charge in [0.2, 0.25) is 5.91 Å². The number of hydrogen-bond donors (Lipinski definition) is 1. The second-order valence-electron chi connectivity index (χ2n) is 1.74. The maximum Gasteiger partial charge on any atom is 0.263 e. The Bertz CT molecular complexity index is 195. The van der Waals surface area contributed by atoms with Crippen molar-refractivity contribution in [2.45, 2.75) is 12.8 Å². The first-order valence-electron chi connectivity index (χ1n) is 3.02. The first-order chi connectivity index (χ1) is 5.20. The van der Waals surface area contributed by atoms with Crippen LogP contribution in [-0.2, 0) is 9.53 Å². The van der Waals surface area contributed by atoms with Gasteiger partial charge in [-0.3, -0.25) is 10.1 Å². The van der Waals surface area contributed by atoms with Gasteiger partial charge in [-0.15, -0.1) is 12.3 Å². The second kappa shape index (κ2) is 5.69. The van der Waals surface area contributed by atoms with Crippen LogP contribution in [0.5, 0.6) is 0 Å². The zero-order chi connectivity index (χ0) is 8.69. The summed E-state index contributed by atoms with van der Waals surface area (Å²) in [5, 5.41) is 2.42. The van der Waals surface area contributed by atoms with Crippen LogP contribution in [0.2, 0.25) is 0 Å². The van der Waals surface area contributed by atoms with E-state index in [-0.39, 0.29) is 17.5 Å². The number of nitrogens with one attached hydrogen (secondary N) is 1. The van der Waals surface area contributed by atoms with Crippen LogP contribution in [0, 0.1) is 12.3 Å². The van der Waals surface area contributed by atoms with Gasteiger partial charge in [0.05, 0.1) is 7.11 Å². The molecule has 0 rings (SSSR count). The molecular formula is C7H9NO2S. The molecule has 11 heavy (non-hydrogen) atoms. The first kappa shape index (κ1) is 9.92. The highest BCUT2D eigenvalue weighted by Gasteiger charge is 2.01. The van der Waals surface area contributed by atoms with Gasteiger partial charge in [0, 0.05) is 12.8 Å². The molecule has 0 unspecified atom stereocenters. The monoisotopic (exact) mass is 171 g/mol. The Kier molecular flexibility index (Phi) is 5.13. The average molecular weight is 171 g/mol. The van der Waals surface area contributed by atoms with Crippen LogP contribution in [-0.4, -0.2) is 18.2 Å². The standard InChI is InChI=1S/C7H9NO2S/c1-3-4-5-6(9)8-7(11)10-2/h1H,4-5H2,2H3,(H,8,9,11). The number of carbonyl (C=O) groups is 1. The average Bonchev–Trinajstić information content (AvgIpc) is 2.00. The van der Waals surface area contributed by atoms with Crippen LogP contribution < -0.4 is 5.32 Å². The number of thiocarbonyl (C=S) groups is 1. The molecular weight excluding hydrogens is 162 g/mol. The van der Waals surface area contributed by atoms with E-state index in [9.17, 15) is 4.79 Å². The van der Waals surface area contributed by atoms with Crippen molar-refractivity contribution in [1.82, 2.24) is 5.32 Å². The van der Waals surface area contributed by atoms with Gasteiger partial charge < -0.3 is 4.74 Å². The highest BCUT2D eigenvalue weighted by molar-refractivity contribution is 7.80. The number of ether oxygens (including phenoxy) is 1. The van der Waals surface area contributed by atoms with Crippen LogP contribution in [0.3, 0.4) is 0 Å². The largest absolute Gasteiger partial charge is 0.474 e. The molecule has 0 aliphatic heterocycles. The molecule has 0 aromatic rings. The number of rotatable bonds is 2. The second-order valence-corrected chi connectivity index (χ2v) is 2.11. The van der Waals surface area contributed by atoms with Gasteiger partial charge in [-0.25, -0.2) is 0 Å². The summed E-state index contributed by atoms with van der Waals surface area (Å²) in [6.07, 6.45) is 5.64. The molecule has 0 spiro atoms. The predicted molar refractivity (Wildman–Crippen MR) is 45.8 cm³/mol. The molecule has 0 fully saturated rings. The highest BCUT2D eigenvalue weighted by Crippen LogP contribution is 1.86.